The van der Waals surface area contributed by atoms with Crippen LogP contribution in [-0.4, -0.2) is 48.2 Å². The molecule has 3 amide bonds. The molecule has 9 nitrogen and oxygen atoms in total. The monoisotopic (exact) mass is 482 g/mol. The van der Waals surface area contributed by atoms with Crippen molar-refractivity contribution in [3.8, 4) is 11.5 Å². The number of ether oxygens (including phenoxy) is 2. The summed E-state index contributed by atoms with van der Waals surface area (Å²) in [5.41, 5.74) is 3.23. The molecule has 0 saturated heterocycles. The second kappa shape index (κ2) is 9.02. The molecule has 1 N–H and O–H groups in total. The van der Waals surface area contributed by atoms with Crippen LogP contribution in [-0.2, 0) is 19.3 Å². The molecule has 178 valence electrons. The summed E-state index contributed by atoms with van der Waals surface area (Å²) in [6.07, 6.45) is 0. The van der Waals surface area contributed by atoms with Gasteiger partial charge in [-0.1, -0.05) is 29.8 Å². The highest BCUT2D eigenvalue weighted by Gasteiger charge is 2.61. The molecule has 2 heterocycles. The summed E-state index contributed by atoms with van der Waals surface area (Å²) >= 11 is 1.06. The van der Waals surface area contributed by atoms with Crippen molar-refractivity contribution in [3.63, 3.8) is 0 Å². The average Bonchev–Trinajstić information content (AvgIpc) is 3.26. The molecule has 1 atom stereocenters. The topological polar surface area (TPSA) is 101 Å². The van der Waals surface area contributed by atoms with Crippen LogP contribution in [0.4, 0.5) is 5.69 Å². The van der Waals surface area contributed by atoms with Gasteiger partial charge in [0, 0.05) is 19.4 Å². The Morgan fingerprint density at radius 3 is 2.50 bits per heavy atom. The molecular formula is C24H26N4O5S. The van der Waals surface area contributed by atoms with Gasteiger partial charge < -0.3 is 19.7 Å². The quantitative estimate of drug-likeness (QED) is 0.703. The van der Waals surface area contributed by atoms with Gasteiger partial charge in [-0.25, -0.2) is 0 Å². The van der Waals surface area contributed by atoms with Crippen molar-refractivity contribution < 1.29 is 23.9 Å². The van der Waals surface area contributed by atoms with Crippen LogP contribution in [0.25, 0.3) is 0 Å². The fraction of sp³-hybridized carbons (Fsp3) is 0.333. The third-order valence-corrected chi connectivity index (χ3v) is 6.81. The molecule has 2 aromatic carbocycles. The van der Waals surface area contributed by atoms with Crippen molar-refractivity contribution >= 4 is 40.3 Å². The van der Waals surface area contributed by atoms with Crippen LogP contribution < -0.4 is 19.7 Å². The number of aryl methyl sites for hydroxylation is 2. The number of methoxy groups -OCH3 is 1. The summed E-state index contributed by atoms with van der Waals surface area (Å²) in [6.45, 7) is 7.03. The van der Waals surface area contributed by atoms with Crippen molar-refractivity contribution in [3.05, 3.63) is 53.1 Å². The van der Waals surface area contributed by atoms with E-state index < -0.39 is 10.8 Å². The summed E-state index contributed by atoms with van der Waals surface area (Å²) in [6, 6.07) is 11.2. The highest BCUT2D eigenvalue weighted by Crippen LogP contribution is 2.55. The van der Waals surface area contributed by atoms with Crippen molar-refractivity contribution in [2.45, 2.75) is 32.6 Å². The first-order chi connectivity index (χ1) is 16.2. The lowest BCUT2D eigenvalue weighted by molar-refractivity contribution is -0.139. The molecule has 1 spiro atoms. The fourth-order valence-corrected chi connectivity index (χ4v) is 5.65. The predicted octanol–water partition coefficient (Wildman–Crippen LogP) is 2.89. The van der Waals surface area contributed by atoms with E-state index in [2.05, 4.69) is 10.4 Å². The van der Waals surface area contributed by atoms with E-state index in [0.717, 1.165) is 28.6 Å². The van der Waals surface area contributed by atoms with E-state index in [0.29, 0.717) is 17.1 Å². The Morgan fingerprint density at radius 2 is 1.85 bits per heavy atom. The van der Waals surface area contributed by atoms with Crippen LogP contribution in [0.3, 0.4) is 0 Å². The number of anilines is 1. The third kappa shape index (κ3) is 3.87. The number of para-hydroxylation sites is 2. The molecule has 2 aromatic rings. The average molecular weight is 483 g/mol. The number of nitrogens with zero attached hydrogens (tertiary/aromatic N) is 3. The molecular weight excluding hydrogens is 456 g/mol. The molecule has 0 radical (unpaired) electrons. The van der Waals surface area contributed by atoms with Gasteiger partial charge in [0.15, 0.2) is 16.7 Å². The Labute approximate surface area is 202 Å². The van der Waals surface area contributed by atoms with Gasteiger partial charge in [-0.3, -0.25) is 14.4 Å². The van der Waals surface area contributed by atoms with E-state index in [9.17, 15) is 14.4 Å². The van der Waals surface area contributed by atoms with Crippen LogP contribution in [0, 0.1) is 13.8 Å². The number of hydrogen-bond acceptors (Lipinski definition) is 7. The number of fused-ring (bicyclic) bond motifs is 2. The Kier molecular flexibility index (Phi) is 6.26. The van der Waals surface area contributed by atoms with Gasteiger partial charge in [-0.05, 0) is 43.3 Å². The van der Waals surface area contributed by atoms with Gasteiger partial charge in [-0.15, -0.1) is 5.10 Å². The lowest BCUT2D eigenvalue weighted by atomic mass is 10.0. The van der Waals surface area contributed by atoms with E-state index in [1.54, 1.807) is 24.1 Å². The number of carbonyl (C=O) groups excluding carboxylic acids is 3. The van der Waals surface area contributed by atoms with Crippen LogP contribution >= 0.6 is 11.8 Å². The molecule has 2 aliphatic heterocycles. The summed E-state index contributed by atoms with van der Waals surface area (Å²) in [5.74, 6) is 0.119. The van der Waals surface area contributed by atoms with Gasteiger partial charge in [0.25, 0.3) is 5.91 Å². The van der Waals surface area contributed by atoms with Crippen molar-refractivity contribution in [2.24, 2.45) is 5.10 Å². The van der Waals surface area contributed by atoms with Crippen LogP contribution in [0.5, 0.6) is 11.5 Å². The maximum absolute atomic E-state index is 14.0. The molecule has 0 aliphatic carbocycles. The minimum Gasteiger partial charge on any atom is -0.493 e. The smallest absolute Gasteiger partial charge is 0.270 e. The third-order valence-electron chi connectivity index (χ3n) is 5.57. The zero-order chi connectivity index (χ0) is 24.6. The minimum absolute atomic E-state index is 0.202. The summed E-state index contributed by atoms with van der Waals surface area (Å²) < 4.78 is 11.3. The molecule has 0 fully saturated rings. The number of nitrogens with one attached hydrogen (secondary N) is 1. The summed E-state index contributed by atoms with van der Waals surface area (Å²) in [4.78, 5) is 38.5. The Hall–Kier alpha value is -3.53. The van der Waals surface area contributed by atoms with E-state index in [1.807, 2.05) is 38.1 Å². The molecule has 10 heteroatoms. The normalized spacial score (nSPS) is 18.7. The van der Waals surface area contributed by atoms with Crippen molar-refractivity contribution in [1.29, 1.82) is 0 Å². The Bertz CT molecular complexity index is 1210. The molecule has 0 unspecified atom stereocenters. The maximum Gasteiger partial charge on any atom is 0.270 e. The maximum atomic E-state index is 14.0. The molecule has 4 rings (SSSR count). The van der Waals surface area contributed by atoms with Gasteiger partial charge in [0.05, 0.1) is 19.3 Å². The zero-order valence-electron chi connectivity index (χ0n) is 19.7. The minimum atomic E-state index is -1.43. The number of amides is 3. The first kappa shape index (κ1) is 23.6. The predicted molar refractivity (Wildman–Crippen MR) is 130 cm³/mol. The second-order valence-corrected chi connectivity index (χ2v) is 9.28. The Balaban J connectivity index is 1.71. The molecule has 0 bridgehead atoms. The SMILES string of the molecule is COc1ccccc1OCCN1C(=O)[C@@]2(SC(NC(C)=O)=NN2C(C)=O)c2cc(C)cc(C)c21. The first-order valence-corrected chi connectivity index (χ1v) is 11.6. The number of amidine groups is 1. The lowest BCUT2D eigenvalue weighted by Crippen LogP contribution is -2.49. The van der Waals surface area contributed by atoms with Crippen LogP contribution in [0.1, 0.15) is 30.5 Å². The first-order valence-electron chi connectivity index (χ1n) is 10.7. The highest BCUT2D eigenvalue weighted by molar-refractivity contribution is 8.15. The van der Waals surface area contributed by atoms with E-state index >= 15 is 0 Å². The molecule has 34 heavy (non-hydrogen) atoms. The molecule has 0 aromatic heterocycles. The Morgan fingerprint density at radius 1 is 1.15 bits per heavy atom. The fourth-order valence-electron chi connectivity index (χ4n) is 4.34. The van der Waals surface area contributed by atoms with Gasteiger partial charge >= 0.3 is 0 Å². The summed E-state index contributed by atoms with van der Waals surface area (Å²) in [7, 11) is 1.57. The van der Waals surface area contributed by atoms with Crippen molar-refractivity contribution in [2.75, 3.05) is 25.2 Å². The number of benzene rings is 2. The number of thioether (sulfide) groups is 1. The van der Waals surface area contributed by atoms with Gasteiger partial charge in [-0.2, -0.15) is 5.01 Å². The standard InChI is InChI=1S/C24H26N4O5S/c1-14-12-15(2)21-18(13-14)24(28(17(4)30)26-23(34-24)25-16(3)29)22(31)27(21)10-11-33-20-9-7-6-8-19(20)32-5/h6-9,12-13H,10-11H2,1-5H3,(H,25,26,29)/t24-/m0/s1. The van der Waals surface area contributed by atoms with Crippen LogP contribution in [0.2, 0.25) is 0 Å². The highest BCUT2D eigenvalue weighted by atomic mass is 32.2. The van der Waals surface area contributed by atoms with Crippen LogP contribution in [0.15, 0.2) is 41.5 Å². The van der Waals surface area contributed by atoms with Gasteiger partial charge in [0.1, 0.15) is 6.61 Å². The zero-order valence-corrected chi connectivity index (χ0v) is 20.5. The van der Waals surface area contributed by atoms with E-state index in [-0.39, 0.29) is 30.1 Å². The molecule has 0 saturated carbocycles. The summed E-state index contributed by atoms with van der Waals surface area (Å²) in [5, 5.41) is 8.29. The largest absolute Gasteiger partial charge is 0.493 e. The van der Waals surface area contributed by atoms with Gasteiger partial charge in [0.2, 0.25) is 16.7 Å². The lowest BCUT2D eigenvalue weighted by Gasteiger charge is -2.29. The van der Waals surface area contributed by atoms with E-state index in [1.165, 1.54) is 18.9 Å². The number of hydrazone groups is 1. The van der Waals surface area contributed by atoms with Crippen molar-refractivity contribution in [1.82, 2.24) is 10.3 Å². The van der Waals surface area contributed by atoms with E-state index in [4.69, 9.17) is 9.47 Å². The number of rotatable bonds is 5. The molecule has 2 aliphatic rings. The number of carbonyl (C=O) groups is 3. The second-order valence-electron chi connectivity index (χ2n) is 8.10. The number of hydrogen-bond donors (Lipinski definition) is 1.